The Kier molecular flexibility index (Phi) is 3.43. The number of pyridine rings is 1. The number of carbonyl (C=O) groups excluding carboxylic acids is 1. The lowest BCUT2D eigenvalue weighted by Crippen LogP contribution is -2.41. The molecule has 1 N–H and O–H groups in total. The van der Waals surface area contributed by atoms with Gasteiger partial charge < -0.3 is 9.88 Å². The summed E-state index contributed by atoms with van der Waals surface area (Å²) < 4.78 is 0. The van der Waals surface area contributed by atoms with Crippen molar-refractivity contribution in [3.05, 3.63) is 33.7 Å². The van der Waals surface area contributed by atoms with E-state index >= 15 is 0 Å². The van der Waals surface area contributed by atoms with E-state index in [0.717, 1.165) is 0 Å². The molecule has 2 rings (SSSR count). The summed E-state index contributed by atoms with van der Waals surface area (Å²) >= 11 is 0. The van der Waals surface area contributed by atoms with Gasteiger partial charge >= 0.3 is 0 Å². The van der Waals surface area contributed by atoms with Crippen molar-refractivity contribution in [2.24, 2.45) is 5.41 Å². The van der Waals surface area contributed by atoms with Crippen LogP contribution in [0.5, 0.6) is 0 Å². The maximum absolute atomic E-state index is 12.3. The van der Waals surface area contributed by atoms with Gasteiger partial charge in [-0.3, -0.25) is 9.59 Å². The number of aromatic nitrogens is 1. The highest BCUT2D eigenvalue weighted by molar-refractivity contribution is 5.94. The van der Waals surface area contributed by atoms with Gasteiger partial charge in [-0.2, -0.15) is 5.26 Å². The first-order chi connectivity index (χ1) is 8.93. The topological polar surface area (TPSA) is 77.0 Å². The molecule has 5 nitrogen and oxygen atoms in total. The Morgan fingerprint density at radius 1 is 1.42 bits per heavy atom. The van der Waals surface area contributed by atoms with Gasteiger partial charge in [0, 0.05) is 30.4 Å². The van der Waals surface area contributed by atoms with Crippen LogP contribution >= 0.6 is 0 Å². The Hall–Kier alpha value is -2.09. The van der Waals surface area contributed by atoms with Crippen molar-refractivity contribution in [2.45, 2.75) is 26.7 Å². The molecule has 0 radical (unpaired) electrons. The molecule has 1 aromatic rings. The van der Waals surface area contributed by atoms with Crippen LogP contribution in [-0.2, 0) is 0 Å². The molecule has 1 amide bonds. The van der Waals surface area contributed by atoms with Gasteiger partial charge in [0.2, 0.25) is 5.56 Å². The third kappa shape index (κ3) is 2.84. The molecule has 1 aromatic heterocycles. The van der Waals surface area contributed by atoms with Crippen LogP contribution < -0.4 is 5.56 Å². The third-order valence-electron chi connectivity index (χ3n) is 3.65. The summed E-state index contributed by atoms with van der Waals surface area (Å²) in [4.78, 5) is 28.0. The van der Waals surface area contributed by atoms with Crippen molar-refractivity contribution in [2.75, 3.05) is 13.1 Å². The highest BCUT2D eigenvalue weighted by atomic mass is 16.2. The third-order valence-corrected chi connectivity index (χ3v) is 3.65. The second-order valence-corrected chi connectivity index (χ2v) is 5.38. The Morgan fingerprint density at radius 2 is 2.05 bits per heavy atom. The molecular formula is C14H17N3O2. The van der Waals surface area contributed by atoms with Crippen molar-refractivity contribution in [3.63, 3.8) is 0 Å². The van der Waals surface area contributed by atoms with Crippen LogP contribution in [0.15, 0.2) is 16.9 Å². The van der Waals surface area contributed by atoms with Gasteiger partial charge in [-0.1, -0.05) is 0 Å². The van der Waals surface area contributed by atoms with Gasteiger partial charge in [0.1, 0.15) is 0 Å². The summed E-state index contributed by atoms with van der Waals surface area (Å²) in [6, 6.07) is 5.31. The summed E-state index contributed by atoms with van der Waals surface area (Å²) in [6.07, 6.45) is 1.36. The van der Waals surface area contributed by atoms with Crippen LogP contribution in [0.1, 0.15) is 35.8 Å². The fraction of sp³-hybridized carbons (Fsp3) is 0.500. The lowest BCUT2D eigenvalue weighted by Gasteiger charge is -2.34. The number of likely N-dealkylation sites (tertiary alicyclic amines) is 1. The summed E-state index contributed by atoms with van der Waals surface area (Å²) in [5.41, 5.74) is 0.500. The molecular weight excluding hydrogens is 242 g/mol. The van der Waals surface area contributed by atoms with Gasteiger partial charge in [-0.05, 0) is 32.8 Å². The molecule has 1 aliphatic heterocycles. The number of carbonyl (C=O) groups is 1. The van der Waals surface area contributed by atoms with Crippen molar-refractivity contribution < 1.29 is 4.79 Å². The maximum atomic E-state index is 12.3. The Morgan fingerprint density at radius 3 is 2.58 bits per heavy atom. The molecule has 0 aliphatic carbocycles. The molecule has 0 unspecified atom stereocenters. The molecule has 2 heterocycles. The molecule has 0 aromatic carbocycles. The Balaban J connectivity index is 2.14. The molecule has 0 spiro atoms. The smallest absolute Gasteiger partial charge is 0.254 e. The summed E-state index contributed by atoms with van der Waals surface area (Å²) in [7, 11) is 0. The normalized spacial score (nSPS) is 17.8. The van der Waals surface area contributed by atoms with E-state index in [4.69, 9.17) is 5.26 Å². The molecule has 5 heteroatoms. The van der Waals surface area contributed by atoms with E-state index in [1.807, 2.05) is 6.92 Å². The molecule has 0 saturated carbocycles. The predicted octanol–water partition coefficient (Wildman–Crippen LogP) is 1.45. The van der Waals surface area contributed by atoms with E-state index in [0.29, 0.717) is 37.2 Å². The van der Waals surface area contributed by atoms with E-state index < -0.39 is 0 Å². The summed E-state index contributed by atoms with van der Waals surface area (Å²) in [6.45, 7) is 4.80. The molecule has 0 atom stereocenters. The monoisotopic (exact) mass is 259 g/mol. The van der Waals surface area contributed by atoms with Gasteiger partial charge in [0.05, 0.1) is 11.5 Å². The van der Waals surface area contributed by atoms with Crippen molar-refractivity contribution in [3.8, 4) is 6.07 Å². The molecule has 1 aliphatic rings. The second-order valence-electron chi connectivity index (χ2n) is 5.38. The van der Waals surface area contributed by atoms with Crippen molar-refractivity contribution >= 4 is 5.91 Å². The van der Waals surface area contributed by atoms with Crippen LogP contribution in [-0.4, -0.2) is 28.9 Å². The van der Waals surface area contributed by atoms with E-state index in [9.17, 15) is 9.59 Å². The van der Waals surface area contributed by atoms with Crippen molar-refractivity contribution in [1.29, 1.82) is 5.26 Å². The number of hydrogen-bond acceptors (Lipinski definition) is 3. The molecule has 100 valence electrons. The number of aryl methyl sites for hydroxylation is 1. The lowest BCUT2D eigenvalue weighted by molar-refractivity contribution is 0.0661. The molecule has 1 saturated heterocycles. The number of amides is 1. The number of nitrogens with zero attached hydrogens (tertiary/aromatic N) is 2. The molecule has 0 bridgehead atoms. The van der Waals surface area contributed by atoms with Crippen LogP contribution in [0.2, 0.25) is 0 Å². The second kappa shape index (κ2) is 4.88. The number of hydrogen-bond donors (Lipinski definition) is 1. The van der Waals surface area contributed by atoms with E-state index in [2.05, 4.69) is 11.1 Å². The number of rotatable bonds is 1. The van der Waals surface area contributed by atoms with Gasteiger partial charge in [0.15, 0.2) is 0 Å². The highest BCUT2D eigenvalue weighted by Crippen LogP contribution is 2.30. The van der Waals surface area contributed by atoms with Gasteiger partial charge in [-0.15, -0.1) is 0 Å². The van der Waals surface area contributed by atoms with Crippen LogP contribution in [0.25, 0.3) is 0 Å². The first kappa shape index (κ1) is 13.3. The number of nitrogens with one attached hydrogen (secondary N) is 1. The van der Waals surface area contributed by atoms with Gasteiger partial charge in [0.25, 0.3) is 5.91 Å². The predicted molar refractivity (Wildman–Crippen MR) is 70.7 cm³/mol. The van der Waals surface area contributed by atoms with Crippen LogP contribution in [0.4, 0.5) is 0 Å². The maximum Gasteiger partial charge on any atom is 0.254 e. The SMILES string of the molecule is Cc1cc(C(=O)N2CCC(C)(C#N)CC2)cc(=O)[nH]1. The fourth-order valence-electron chi connectivity index (χ4n) is 2.30. The van der Waals surface area contributed by atoms with E-state index in [1.165, 1.54) is 6.07 Å². The molecule has 1 fully saturated rings. The van der Waals surface area contributed by atoms with E-state index in [-0.39, 0.29) is 16.9 Å². The van der Waals surface area contributed by atoms with Crippen molar-refractivity contribution in [1.82, 2.24) is 9.88 Å². The number of nitriles is 1. The first-order valence-corrected chi connectivity index (χ1v) is 6.35. The summed E-state index contributed by atoms with van der Waals surface area (Å²) in [5.74, 6) is -0.130. The van der Waals surface area contributed by atoms with Crippen LogP contribution in [0, 0.1) is 23.7 Å². The average Bonchev–Trinajstić information content (AvgIpc) is 2.38. The number of H-pyrrole nitrogens is 1. The molecule has 19 heavy (non-hydrogen) atoms. The van der Waals surface area contributed by atoms with Gasteiger partial charge in [-0.25, -0.2) is 0 Å². The minimum atomic E-state index is -0.332. The average molecular weight is 259 g/mol. The highest BCUT2D eigenvalue weighted by Gasteiger charge is 2.32. The lowest BCUT2D eigenvalue weighted by atomic mass is 9.82. The van der Waals surface area contributed by atoms with Crippen LogP contribution in [0.3, 0.4) is 0 Å². The zero-order valence-electron chi connectivity index (χ0n) is 11.2. The first-order valence-electron chi connectivity index (χ1n) is 6.35. The number of aromatic amines is 1. The standard InChI is InChI=1S/C14H17N3O2/c1-10-7-11(8-12(18)16-10)13(19)17-5-3-14(2,9-15)4-6-17/h7-8H,3-6H2,1-2H3,(H,16,18). The fourth-order valence-corrected chi connectivity index (χ4v) is 2.30. The number of piperidine rings is 1. The minimum Gasteiger partial charge on any atom is -0.339 e. The van der Waals surface area contributed by atoms with E-state index in [1.54, 1.807) is 17.9 Å². The summed E-state index contributed by atoms with van der Waals surface area (Å²) in [5, 5.41) is 9.07. The zero-order chi connectivity index (χ0) is 14.0. The Labute approximate surface area is 111 Å². The minimum absolute atomic E-state index is 0.130. The largest absolute Gasteiger partial charge is 0.339 e. The zero-order valence-corrected chi connectivity index (χ0v) is 11.2. The Bertz CT molecular complexity index is 589. The quantitative estimate of drug-likeness (QED) is 0.829.